The molecule has 0 N–H and O–H groups in total. The zero-order valence-electron chi connectivity index (χ0n) is 15.3. The number of benzene rings is 1. The van der Waals surface area contributed by atoms with Crippen LogP contribution in [0.4, 0.5) is 0 Å². The van der Waals surface area contributed by atoms with Gasteiger partial charge in [-0.25, -0.2) is 0 Å². The van der Waals surface area contributed by atoms with E-state index in [1.807, 2.05) is 0 Å². The molecule has 1 aromatic rings. The second-order valence-corrected chi connectivity index (χ2v) is 6.89. The van der Waals surface area contributed by atoms with Crippen LogP contribution in [0.3, 0.4) is 0 Å². The number of quaternary nitrogens is 1. The van der Waals surface area contributed by atoms with Gasteiger partial charge in [0.1, 0.15) is 0 Å². The lowest BCUT2D eigenvalue weighted by Gasteiger charge is -2.39. The van der Waals surface area contributed by atoms with Crippen LogP contribution < -0.4 is 0 Å². The topological polar surface area (TPSA) is 0 Å². The van der Waals surface area contributed by atoms with E-state index in [1.54, 1.807) is 0 Å². The molecule has 0 atom stereocenters. The predicted molar refractivity (Wildman–Crippen MR) is 99.2 cm³/mol. The second-order valence-electron chi connectivity index (χ2n) is 6.89. The summed E-state index contributed by atoms with van der Waals surface area (Å²) in [5.74, 6) is 0. The number of rotatable bonds is 13. The Hall–Kier alpha value is -0.820. The van der Waals surface area contributed by atoms with E-state index >= 15 is 0 Å². The summed E-state index contributed by atoms with van der Waals surface area (Å²) in [6.07, 6.45) is 10.7. The first-order valence-electron chi connectivity index (χ1n) is 9.65. The lowest BCUT2D eigenvalue weighted by atomic mass is 10.1. The largest absolute Gasteiger partial charge is 0.324 e. The number of hydrogen-bond donors (Lipinski definition) is 0. The number of nitrogens with zero attached hydrogens (tertiary/aromatic N) is 1. The Morgan fingerprint density at radius 2 is 1.09 bits per heavy atom. The highest BCUT2D eigenvalue weighted by molar-refractivity contribution is 5.14. The van der Waals surface area contributed by atoms with E-state index < -0.39 is 0 Å². The molecule has 0 radical (unpaired) electrons. The van der Waals surface area contributed by atoms with Crippen LogP contribution in [-0.4, -0.2) is 30.7 Å². The van der Waals surface area contributed by atoms with E-state index in [9.17, 15) is 0 Å². The molecule has 0 spiro atoms. The van der Waals surface area contributed by atoms with Crippen molar-refractivity contribution in [2.24, 2.45) is 0 Å². The first-order chi connectivity index (χ1) is 10.8. The van der Waals surface area contributed by atoms with E-state index in [0.717, 1.165) is 0 Å². The smallest absolute Gasteiger partial charge is 0.0789 e. The second kappa shape index (κ2) is 11.7. The van der Waals surface area contributed by atoms with Crippen molar-refractivity contribution in [3.05, 3.63) is 35.9 Å². The van der Waals surface area contributed by atoms with Crippen molar-refractivity contribution in [2.45, 2.75) is 72.1 Å². The van der Waals surface area contributed by atoms with Crippen LogP contribution in [0.25, 0.3) is 0 Å². The third-order valence-electron chi connectivity index (χ3n) is 4.90. The SMILES string of the molecule is CCCC[N+](CCCC)(CCCC)CCCc1ccccc1. The molecule has 0 fully saturated rings. The Bertz CT molecular complexity index is 336. The normalized spacial score (nSPS) is 11.8. The van der Waals surface area contributed by atoms with Crippen molar-refractivity contribution < 1.29 is 4.48 Å². The van der Waals surface area contributed by atoms with Gasteiger partial charge in [-0.15, -0.1) is 0 Å². The highest BCUT2D eigenvalue weighted by atomic mass is 15.3. The van der Waals surface area contributed by atoms with Gasteiger partial charge in [-0.3, -0.25) is 0 Å². The number of hydrogen-bond acceptors (Lipinski definition) is 0. The van der Waals surface area contributed by atoms with Crippen LogP contribution in [-0.2, 0) is 6.42 Å². The van der Waals surface area contributed by atoms with Gasteiger partial charge in [-0.2, -0.15) is 0 Å². The lowest BCUT2D eigenvalue weighted by molar-refractivity contribution is -0.929. The summed E-state index contributed by atoms with van der Waals surface area (Å²) in [5.41, 5.74) is 1.50. The monoisotopic (exact) mass is 304 g/mol. The minimum atomic E-state index is 1.24. The lowest BCUT2D eigenvalue weighted by Crippen LogP contribution is -2.50. The molecule has 0 aliphatic rings. The van der Waals surface area contributed by atoms with Gasteiger partial charge in [0.2, 0.25) is 0 Å². The predicted octanol–water partition coefficient (Wildman–Crippen LogP) is 5.84. The van der Waals surface area contributed by atoms with Crippen LogP contribution in [0.1, 0.15) is 71.3 Å². The van der Waals surface area contributed by atoms with Gasteiger partial charge in [-0.1, -0.05) is 70.4 Å². The van der Waals surface area contributed by atoms with Crippen molar-refractivity contribution in [3.63, 3.8) is 0 Å². The van der Waals surface area contributed by atoms with Crippen molar-refractivity contribution in [1.29, 1.82) is 0 Å². The Balaban J connectivity index is 2.59. The highest BCUT2D eigenvalue weighted by Gasteiger charge is 2.25. The molecule has 0 unspecified atom stereocenters. The molecule has 1 heteroatoms. The Morgan fingerprint density at radius 3 is 1.55 bits per heavy atom. The fourth-order valence-electron chi connectivity index (χ4n) is 3.41. The van der Waals surface area contributed by atoms with Gasteiger partial charge in [0.25, 0.3) is 0 Å². The molecule has 1 nitrogen and oxygen atoms in total. The maximum atomic E-state index is 2.33. The Morgan fingerprint density at radius 1 is 0.636 bits per heavy atom. The molecule has 22 heavy (non-hydrogen) atoms. The van der Waals surface area contributed by atoms with E-state index in [0.29, 0.717) is 0 Å². The third-order valence-corrected chi connectivity index (χ3v) is 4.90. The first-order valence-corrected chi connectivity index (χ1v) is 9.65. The Kier molecular flexibility index (Phi) is 10.2. The van der Waals surface area contributed by atoms with Gasteiger partial charge in [0.05, 0.1) is 26.2 Å². The summed E-state index contributed by atoms with van der Waals surface area (Å²) in [6, 6.07) is 11.0. The first kappa shape index (κ1) is 19.2. The summed E-state index contributed by atoms with van der Waals surface area (Å²) in [7, 11) is 0. The van der Waals surface area contributed by atoms with Gasteiger partial charge in [0, 0.05) is 6.42 Å². The molecular formula is C21H38N+. The molecule has 126 valence electrons. The van der Waals surface area contributed by atoms with E-state index in [1.165, 1.54) is 87.6 Å². The minimum Gasteiger partial charge on any atom is -0.324 e. The average Bonchev–Trinajstić information content (AvgIpc) is 2.57. The van der Waals surface area contributed by atoms with Crippen LogP contribution in [0.2, 0.25) is 0 Å². The van der Waals surface area contributed by atoms with Crippen molar-refractivity contribution in [2.75, 3.05) is 26.2 Å². The van der Waals surface area contributed by atoms with E-state index in [-0.39, 0.29) is 0 Å². The van der Waals surface area contributed by atoms with Gasteiger partial charge in [-0.05, 0) is 31.2 Å². The van der Waals surface area contributed by atoms with Crippen molar-refractivity contribution in [1.82, 2.24) is 0 Å². The van der Waals surface area contributed by atoms with Crippen LogP contribution >= 0.6 is 0 Å². The molecule has 0 heterocycles. The standard InChI is InChI=1S/C21H38N/c1-4-7-17-22(18-8-5-2,19-9-6-3)20-13-16-21-14-11-10-12-15-21/h10-12,14-15H,4-9,13,16-20H2,1-3H3/q+1. The van der Waals surface area contributed by atoms with E-state index in [4.69, 9.17) is 0 Å². The van der Waals surface area contributed by atoms with Crippen LogP contribution in [0, 0.1) is 0 Å². The maximum Gasteiger partial charge on any atom is 0.0789 e. The van der Waals surface area contributed by atoms with Crippen molar-refractivity contribution >= 4 is 0 Å². The van der Waals surface area contributed by atoms with Gasteiger partial charge < -0.3 is 4.48 Å². The molecule has 0 aromatic heterocycles. The van der Waals surface area contributed by atoms with Crippen molar-refractivity contribution in [3.8, 4) is 0 Å². The van der Waals surface area contributed by atoms with Crippen LogP contribution in [0.5, 0.6) is 0 Å². The van der Waals surface area contributed by atoms with Crippen LogP contribution in [0.15, 0.2) is 30.3 Å². The fourth-order valence-corrected chi connectivity index (χ4v) is 3.41. The zero-order valence-corrected chi connectivity index (χ0v) is 15.3. The quantitative estimate of drug-likeness (QED) is 0.402. The Labute approximate surface area is 139 Å². The molecule has 0 amide bonds. The summed E-state index contributed by atoms with van der Waals surface area (Å²) in [4.78, 5) is 0. The highest BCUT2D eigenvalue weighted by Crippen LogP contribution is 2.17. The molecule has 0 aliphatic carbocycles. The molecule has 0 aliphatic heterocycles. The third kappa shape index (κ3) is 7.45. The molecule has 0 saturated heterocycles. The summed E-state index contributed by atoms with van der Waals surface area (Å²) >= 11 is 0. The molecule has 1 rings (SSSR count). The zero-order chi connectivity index (χ0) is 16.1. The summed E-state index contributed by atoms with van der Waals surface area (Å²) < 4.78 is 1.38. The van der Waals surface area contributed by atoms with Gasteiger partial charge in [0.15, 0.2) is 0 Å². The number of unbranched alkanes of at least 4 members (excludes halogenated alkanes) is 3. The molecular weight excluding hydrogens is 266 g/mol. The molecule has 0 bridgehead atoms. The molecule has 0 saturated carbocycles. The summed E-state index contributed by atoms with van der Waals surface area (Å²) in [5, 5.41) is 0. The molecule has 1 aromatic carbocycles. The fraction of sp³-hybridized carbons (Fsp3) is 0.714. The average molecular weight is 305 g/mol. The summed E-state index contributed by atoms with van der Waals surface area (Å²) in [6.45, 7) is 12.5. The number of aryl methyl sites for hydroxylation is 1. The van der Waals surface area contributed by atoms with E-state index in [2.05, 4.69) is 51.1 Å². The minimum absolute atomic E-state index is 1.24. The maximum absolute atomic E-state index is 2.33. The van der Waals surface area contributed by atoms with Gasteiger partial charge >= 0.3 is 0 Å².